The van der Waals surface area contributed by atoms with Gasteiger partial charge in [0.1, 0.15) is 0 Å². The maximum absolute atomic E-state index is 2.38. The van der Waals surface area contributed by atoms with Gasteiger partial charge in [-0.2, -0.15) is 0 Å². The van der Waals surface area contributed by atoms with E-state index in [9.17, 15) is 0 Å². The van der Waals surface area contributed by atoms with Crippen LogP contribution >= 0.6 is 0 Å². The average molecular weight is 703 g/mol. The zero-order chi connectivity index (χ0) is 37.1. The molecule has 0 nitrogen and oxygen atoms in total. The Kier molecular flexibility index (Phi) is 9.24. The van der Waals surface area contributed by atoms with Gasteiger partial charge in [0, 0.05) is 0 Å². The second kappa shape index (κ2) is 14.9. The molecule has 262 valence electrons. The Morgan fingerprint density at radius 3 is 1.62 bits per heavy atom. The Morgan fingerprint density at radius 1 is 0.436 bits per heavy atom. The van der Waals surface area contributed by atoms with Gasteiger partial charge in [0.25, 0.3) is 0 Å². The van der Waals surface area contributed by atoms with Gasteiger partial charge in [-0.25, -0.2) is 0 Å². The first-order valence-corrected chi connectivity index (χ1v) is 19.2. The summed E-state index contributed by atoms with van der Waals surface area (Å²) in [6.07, 6.45) is 14.4. The van der Waals surface area contributed by atoms with Crippen molar-refractivity contribution in [3.05, 3.63) is 228 Å². The number of benzene rings is 8. The molecule has 0 heterocycles. The molecular weight excluding hydrogens is 661 g/mol. The fraction of sp³-hybridized carbons (Fsp3) is 0.0545. The number of aryl methyl sites for hydroxylation is 1. The van der Waals surface area contributed by atoms with Crippen molar-refractivity contribution >= 4 is 44.8 Å². The van der Waals surface area contributed by atoms with Crippen molar-refractivity contribution in [3.63, 3.8) is 0 Å². The van der Waals surface area contributed by atoms with E-state index in [-0.39, 0.29) is 0 Å². The summed E-state index contributed by atoms with van der Waals surface area (Å²) in [4.78, 5) is 0. The molecule has 0 N–H and O–H groups in total. The van der Waals surface area contributed by atoms with E-state index in [4.69, 9.17) is 0 Å². The van der Waals surface area contributed by atoms with Gasteiger partial charge in [-0.1, -0.05) is 200 Å². The summed E-state index contributed by atoms with van der Waals surface area (Å²) in [6, 6.07) is 62.1. The lowest BCUT2D eigenvalue weighted by atomic mass is 9.84. The molecule has 0 spiro atoms. The van der Waals surface area contributed by atoms with E-state index in [0.29, 0.717) is 0 Å². The normalized spacial score (nSPS) is 12.9. The highest BCUT2D eigenvalue weighted by atomic mass is 14.2. The minimum atomic E-state index is 0.981. The molecule has 0 amide bonds. The van der Waals surface area contributed by atoms with Crippen LogP contribution in [0.25, 0.3) is 78.2 Å². The number of hydrogen-bond donors (Lipinski definition) is 0. The van der Waals surface area contributed by atoms with E-state index >= 15 is 0 Å². The summed E-state index contributed by atoms with van der Waals surface area (Å²) in [5, 5.41) is 5.09. The topological polar surface area (TPSA) is 0 Å². The quantitative estimate of drug-likeness (QED) is 0.115. The maximum atomic E-state index is 2.38. The molecule has 0 saturated carbocycles. The van der Waals surface area contributed by atoms with E-state index in [1.165, 1.54) is 99.5 Å². The van der Waals surface area contributed by atoms with Gasteiger partial charge in [-0.05, 0) is 126 Å². The smallest absolute Gasteiger partial charge is 0.00263 e. The maximum Gasteiger partial charge on any atom is -0.00263 e. The summed E-state index contributed by atoms with van der Waals surface area (Å²) in [7, 11) is 0. The molecule has 0 heteroatoms. The lowest BCUT2D eigenvalue weighted by Gasteiger charge is -2.19. The Morgan fingerprint density at radius 2 is 0.982 bits per heavy atom. The van der Waals surface area contributed by atoms with Crippen LogP contribution in [-0.2, 0) is 0 Å². The number of rotatable bonds is 7. The van der Waals surface area contributed by atoms with Crippen LogP contribution in [-0.4, -0.2) is 0 Å². The first-order valence-electron chi connectivity index (χ1n) is 19.2. The van der Waals surface area contributed by atoms with Crippen molar-refractivity contribution < 1.29 is 0 Å². The van der Waals surface area contributed by atoms with Crippen molar-refractivity contribution in [2.24, 2.45) is 0 Å². The summed E-state index contributed by atoms with van der Waals surface area (Å²) in [5.41, 5.74) is 17.4. The van der Waals surface area contributed by atoms with Crippen LogP contribution in [0, 0.1) is 6.92 Å². The van der Waals surface area contributed by atoms with Gasteiger partial charge < -0.3 is 0 Å². The third-order valence-electron chi connectivity index (χ3n) is 11.0. The Labute approximate surface area is 324 Å². The molecule has 0 saturated heterocycles. The van der Waals surface area contributed by atoms with Crippen LogP contribution in [0.5, 0.6) is 0 Å². The van der Waals surface area contributed by atoms with Gasteiger partial charge in [0.15, 0.2) is 0 Å². The first-order chi connectivity index (χ1) is 27.1. The molecule has 1 aliphatic carbocycles. The lowest BCUT2D eigenvalue weighted by molar-refractivity contribution is 1.41. The van der Waals surface area contributed by atoms with E-state index in [2.05, 4.69) is 220 Å². The summed E-state index contributed by atoms with van der Waals surface area (Å²) in [6.45, 7) is 4.46. The predicted octanol–water partition coefficient (Wildman–Crippen LogP) is 15.3. The fourth-order valence-corrected chi connectivity index (χ4v) is 8.18. The van der Waals surface area contributed by atoms with E-state index in [1.54, 1.807) is 0 Å². The highest BCUT2D eigenvalue weighted by molar-refractivity contribution is 6.21. The molecule has 0 unspecified atom stereocenters. The monoisotopic (exact) mass is 702 g/mol. The van der Waals surface area contributed by atoms with Crippen LogP contribution < -0.4 is 0 Å². The minimum absolute atomic E-state index is 0.981. The van der Waals surface area contributed by atoms with Gasteiger partial charge in [-0.15, -0.1) is 0 Å². The summed E-state index contributed by atoms with van der Waals surface area (Å²) in [5.74, 6) is 0. The van der Waals surface area contributed by atoms with Crippen LogP contribution in [0.1, 0.15) is 46.7 Å². The first kappa shape index (κ1) is 34.0. The van der Waals surface area contributed by atoms with Gasteiger partial charge >= 0.3 is 0 Å². The molecule has 9 rings (SSSR count). The zero-order valence-corrected chi connectivity index (χ0v) is 31.3. The molecule has 0 atom stereocenters. The molecule has 0 bridgehead atoms. The van der Waals surface area contributed by atoms with Crippen molar-refractivity contribution in [2.75, 3.05) is 0 Å². The molecule has 0 radical (unpaired) electrons. The molecule has 55 heavy (non-hydrogen) atoms. The Bertz CT molecular complexity index is 2750. The lowest BCUT2D eigenvalue weighted by Crippen LogP contribution is -1.94. The molecule has 0 aromatic heterocycles. The minimum Gasteiger partial charge on any atom is -0.0801 e. The largest absolute Gasteiger partial charge is 0.0801 e. The van der Waals surface area contributed by atoms with Gasteiger partial charge in [-0.3, -0.25) is 0 Å². The van der Waals surface area contributed by atoms with Crippen molar-refractivity contribution in [1.82, 2.24) is 0 Å². The highest BCUT2D eigenvalue weighted by Gasteiger charge is 2.17. The average Bonchev–Trinajstić information content (AvgIpc) is 3.49. The third-order valence-corrected chi connectivity index (χ3v) is 11.0. The Balaban J connectivity index is 1.10. The standard InChI is InChI=1S/C55H42/c1-38(40-27-29-42(30-28-40)46-32-31-41-16-6-3-11-21-45(41)37-46)26-34-49(43-17-7-4-8-18-43)48-35-33-47(36-39(48)2)55-52-24-14-12-22-50(52)54(44-19-9-5-10-20-44)51-23-13-15-25-53(51)55/h4-37H,3H2,1-2H3/b38-26+,49-34-. The van der Waals surface area contributed by atoms with E-state index in [0.717, 1.165) is 6.42 Å². The molecule has 8 aromatic rings. The van der Waals surface area contributed by atoms with Crippen LogP contribution in [0.4, 0.5) is 0 Å². The predicted molar refractivity (Wildman–Crippen MR) is 239 cm³/mol. The van der Waals surface area contributed by atoms with Gasteiger partial charge in [0.05, 0.1) is 0 Å². The SMILES string of the molecule is C/C(=C\C=C(\c1ccccc1)c1ccc(-c2c3ccccc3c(-c3ccccc3)c3ccccc23)cc1C)c1ccc(-c2ccc3c(c2)C=CCC=C3)cc1. The second-order valence-corrected chi connectivity index (χ2v) is 14.5. The Hall–Kier alpha value is -6.76. The van der Waals surface area contributed by atoms with Crippen LogP contribution in [0.3, 0.4) is 0 Å². The zero-order valence-electron chi connectivity index (χ0n) is 31.3. The van der Waals surface area contributed by atoms with Crippen molar-refractivity contribution in [3.8, 4) is 33.4 Å². The molecule has 0 aliphatic heterocycles. The molecule has 0 fully saturated rings. The van der Waals surface area contributed by atoms with Crippen LogP contribution in [0.15, 0.2) is 194 Å². The molecule has 8 aromatic carbocycles. The second-order valence-electron chi connectivity index (χ2n) is 14.5. The van der Waals surface area contributed by atoms with Gasteiger partial charge in [0.2, 0.25) is 0 Å². The third kappa shape index (κ3) is 6.69. The van der Waals surface area contributed by atoms with Crippen LogP contribution in [0.2, 0.25) is 0 Å². The number of fused-ring (bicyclic) bond motifs is 3. The summed E-state index contributed by atoms with van der Waals surface area (Å²) < 4.78 is 0. The summed E-state index contributed by atoms with van der Waals surface area (Å²) >= 11 is 0. The van der Waals surface area contributed by atoms with E-state index in [1.807, 2.05) is 0 Å². The fourth-order valence-electron chi connectivity index (χ4n) is 8.18. The number of hydrogen-bond acceptors (Lipinski definition) is 0. The van der Waals surface area contributed by atoms with Crippen molar-refractivity contribution in [1.29, 1.82) is 0 Å². The molecular formula is C55H42. The molecule has 1 aliphatic rings. The number of allylic oxidation sites excluding steroid dienone is 5. The van der Waals surface area contributed by atoms with Crippen molar-refractivity contribution in [2.45, 2.75) is 20.3 Å². The van der Waals surface area contributed by atoms with E-state index < -0.39 is 0 Å². The highest BCUT2D eigenvalue weighted by Crippen LogP contribution is 2.44.